The van der Waals surface area contributed by atoms with Gasteiger partial charge in [-0.05, 0) is 30.5 Å². The zero-order chi connectivity index (χ0) is 25.7. The first-order valence-electron chi connectivity index (χ1n) is 10.9. The summed E-state index contributed by atoms with van der Waals surface area (Å²) in [5.74, 6) is -0.394. The van der Waals surface area contributed by atoms with E-state index in [9.17, 15) is 24.5 Å². The molecule has 1 amide bonds. The summed E-state index contributed by atoms with van der Waals surface area (Å²) in [6.07, 6.45) is 0. The van der Waals surface area contributed by atoms with E-state index in [2.05, 4.69) is 4.98 Å². The van der Waals surface area contributed by atoms with Gasteiger partial charge in [-0.2, -0.15) is 0 Å². The fourth-order valence-corrected chi connectivity index (χ4v) is 3.70. The Hall–Kier alpha value is -3.18. The number of benzene rings is 1. The second kappa shape index (κ2) is 11.3. The van der Waals surface area contributed by atoms with Gasteiger partial charge in [-0.3, -0.25) is 34.2 Å². The summed E-state index contributed by atoms with van der Waals surface area (Å²) in [4.78, 5) is 54.1. The van der Waals surface area contributed by atoms with Gasteiger partial charge in [0.05, 0.1) is 11.5 Å². The number of nitrogens with zero attached hydrogens (tertiary/aromatic N) is 4. The zero-order valence-corrected chi connectivity index (χ0v) is 20.8. The van der Waals surface area contributed by atoms with E-state index in [1.165, 1.54) is 27.7 Å². The average Bonchev–Trinajstić information content (AvgIpc) is 2.71. The van der Waals surface area contributed by atoms with Gasteiger partial charge in [0.25, 0.3) is 11.2 Å². The Morgan fingerprint density at radius 1 is 1.24 bits per heavy atom. The minimum absolute atomic E-state index is 0.00440. The van der Waals surface area contributed by atoms with Crippen molar-refractivity contribution in [3.8, 4) is 0 Å². The highest BCUT2D eigenvalue weighted by atomic mass is 35.5. The molecule has 1 aromatic carbocycles. The lowest BCUT2D eigenvalue weighted by atomic mass is 10.1. The molecule has 0 saturated heterocycles. The number of H-pyrrole nitrogens is 1. The Labute approximate surface area is 202 Å². The molecule has 0 saturated carbocycles. The van der Waals surface area contributed by atoms with Crippen LogP contribution in [0.25, 0.3) is 0 Å². The number of carbonyl (C=O) groups excluding carboxylic acids is 1. The number of carbonyl (C=O) groups is 1. The number of nitrogen functional groups attached to an aromatic ring is 1. The number of hydrogen-bond donors (Lipinski definition) is 2. The lowest BCUT2D eigenvalue weighted by Gasteiger charge is -2.28. The van der Waals surface area contributed by atoms with E-state index in [0.29, 0.717) is 10.6 Å². The van der Waals surface area contributed by atoms with Crippen molar-refractivity contribution in [1.29, 1.82) is 0 Å². The molecule has 0 atom stereocenters. The molecular formula is C22H31ClN6O5. The van der Waals surface area contributed by atoms with Crippen molar-refractivity contribution in [1.82, 2.24) is 14.5 Å². The summed E-state index contributed by atoms with van der Waals surface area (Å²) >= 11 is 6.19. The minimum Gasteiger partial charge on any atom is -0.383 e. The number of nitro benzene ring substituents is 1. The molecule has 0 fully saturated rings. The van der Waals surface area contributed by atoms with Crippen LogP contribution in [-0.2, 0) is 17.9 Å². The molecule has 0 aliphatic carbocycles. The average molecular weight is 495 g/mol. The van der Waals surface area contributed by atoms with Crippen molar-refractivity contribution in [3.05, 3.63) is 59.7 Å². The standard InChI is InChI=1S/C22H31ClN6O5/c1-13(2)9-27(19-20(24)28(10-14(3)4)22(32)25-21(19)31)18(30)12-26(5)11-15-8-16(29(33)34)6-7-17(15)23/h6-8,13-14H,9-12,24H2,1-5H3,(H,25,31,32). The monoisotopic (exact) mass is 494 g/mol. The molecule has 186 valence electrons. The van der Waals surface area contributed by atoms with Crippen LogP contribution in [0.5, 0.6) is 0 Å². The Balaban J connectivity index is 2.37. The molecule has 1 aromatic heterocycles. The van der Waals surface area contributed by atoms with E-state index in [0.717, 1.165) is 0 Å². The topological polar surface area (TPSA) is 148 Å². The predicted molar refractivity (Wildman–Crippen MR) is 132 cm³/mol. The lowest BCUT2D eigenvalue weighted by molar-refractivity contribution is -0.384. The zero-order valence-electron chi connectivity index (χ0n) is 20.0. The van der Waals surface area contributed by atoms with Crippen LogP contribution in [0.2, 0.25) is 5.02 Å². The van der Waals surface area contributed by atoms with Gasteiger partial charge in [0.1, 0.15) is 5.82 Å². The van der Waals surface area contributed by atoms with Crippen molar-refractivity contribution in [2.45, 2.75) is 40.8 Å². The highest BCUT2D eigenvalue weighted by Gasteiger charge is 2.26. The van der Waals surface area contributed by atoms with E-state index in [1.807, 2.05) is 27.7 Å². The number of amides is 1. The number of hydrogen-bond acceptors (Lipinski definition) is 7. The number of aromatic nitrogens is 2. The van der Waals surface area contributed by atoms with Crippen LogP contribution in [-0.4, -0.2) is 45.4 Å². The van der Waals surface area contributed by atoms with E-state index in [4.69, 9.17) is 17.3 Å². The molecule has 12 heteroatoms. The molecule has 0 spiro atoms. The van der Waals surface area contributed by atoms with Crippen molar-refractivity contribution < 1.29 is 9.72 Å². The molecule has 0 unspecified atom stereocenters. The van der Waals surface area contributed by atoms with Gasteiger partial charge in [0.2, 0.25) is 5.91 Å². The van der Waals surface area contributed by atoms with Gasteiger partial charge < -0.3 is 10.6 Å². The molecule has 2 rings (SSSR count). The predicted octanol–water partition coefficient (Wildman–Crippen LogP) is 2.46. The van der Waals surface area contributed by atoms with Gasteiger partial charge in [0, 0.05) is 36.8 Å². The first kappa shape index (κ1) is 27.1. The van der Waals surface area contributed by atoms with Crippen LogP contribution >= 0.6 is 11.6 Å². The third-order valence-corrected chi connectivity index (χ3v) is 5.33. The fourth-order valence-electron chi connectivity index (χ4n) is 3.53. The molecule has 34 heavy (non-hydrogen) atoms. The largest absolute Gasteiger partial charge is 0.383 e. The third kappa shape index (κ3) is 6.67. The highest BCUT2D eigenvalue weighted by Crippen LogP contribution is 2.24. The molecule has 11 nitrogen and oxygen atoms in total. The molecule has 0 radical (unpaired) electrons. The summed E-state index contributed by atoms with van der Waals surface area (Å²) in [6, 6.07) is 4.11. The summed E-state index contributed by atoms with van der Waals surface area (Å²) in [5.41, 5.74) is 5.17. The van der Waals surface area contributed by atoms with Gasteiger partial charge in [0.15, 0.2) is 5.69 Å². The van der Waals surface area contributed by atoms with Gasteiger partial charge in [-0.1, -0.05) is 39.3 Å². The molecule has 0 aliphatic heterocycles. The number of halogens is 1. The van der Waals surface area contributed by atoms with Crippen LogP contribution in [0.4, 0.5) is 17.2 Å². The third-order valence-electron chi connectivity index (χ3n) is 4.97. The Kier molecular flexibility index (Phi) is 9.00. The number of non-ortho nitro benzene ring substituents is 1. The normalized spacial score (nSPS) is 11.4. The molecular weight excluding hydrogens is 464 g/mol. The number of anilines is 2. The first-order chi connectivity index (χ1) is 15.8. The SMILES string of the molecule is CC(C)CN(C(=O)CN(C)Cc1cc([N+](=O)[O-])ccc1Cl)c1c(N)n(CC(C)C)c(=O)[nH]c1=O. The second-order valence-corrected chi connectivity index (χ2v) is 9.51. The summed E-state index contributed by atoms with van der Waals surface area (Å²) < 4.78 is 1.26. The van der Waals surface area contributed by atoms with Crippen LogP contribution in [0.1, 0.15) is 33.3 Å². The molecule has 0 aliphatic rings. The fraction of sp³-hybridized carbons (Fsp3) is 0.500. The number of nitrogens with two attached hydrogens (primary N) is 1. The Morgan fingerprint density at radius 3 is 2.44 bits per heavy atom. The van der Waals surface area contributed by atoms with E-state index in [1.54, 1.807) is 11.9 Å². The van der Waals surface area contributed by atoms with Crippen molar-refractivity contribution in [3.63, 3.8) is 0 Å². The van der Waals surface area contributed by atoms with Crippen molar-refractivity contribution >= 4 is 34.7 Å². The maximum atomic E-state index is 13.3. The maximum Gasteiger partial charge on any atom is 0.330 e. The lowest BCUT2D eigenvalue weighted by Crippen LogP contribution is -2.46. The first-order valence-corrected chi connectivity index (χ1v) is 11.2. The van der Waals surface area contributed by atoms with Gasteiger partial charge in [-0.25, -0.2) is 4.79 Å². The quantitative estimate of drug-likeness (QED) is 0.380. The Morgan fingerprint density at radius 2 is 1.88 bits per heavy atom. The second-order valence-electron chi connectivity index (χ2n) is 9.10. The van der Waals surface area contributed by atoms with Crippen LogP contribution in [0.3, 0.4) is 0 Å². The van der Waals surface area contributed by atoms with E-state index >= 15 is 0 Å². The molecule has 0 bridgehead atoms. The van der Waals surface area contributed by atoms with Gasteiger partial charge >= 0.3 is 5.69 Å². The van der Waals surface area contributed by atoms with Gasteiger partial charge in [-0.15, -0.1) is 0 Å². The number of nitro groups is 1. The van der Waals surface area contributed by atoms with Crippen LogP contribution < -0.4 is 21.9 Å². The van der Waals surface area contributed by atoms with Crippen LogP contribution in [0, 0.1) is 22.0 Å². The van der Waals surface area contributed by atoms with Crippen LogP contribution in [0.15, 0.2) is 27.8 Å². The summed E-state index contributed by atoms with van der Waals surface area (Å²) in [5, 5.41) is 11.4. The highest BCUT2D eigenvalue weighted by molar-refractivity contribution is 6.31. The van der Waals surface area contributed by atoms with Crippen molar-refractivity contribution in [2.75, 3.05) is 30.8 Å². The number of aromatic amines is 1. The van der Waals surface area contributed by atoms with E-state index in [-0.39, 0.29) is 55.2 Å². The number of rotatable bonds is 10. The smallest absolute Gasteiger partial charge is 0.330 e. The summed E-state index contributed by atoms with van der Waals surface area (Å²) in [7, 11) is 1.66. The molecule has 3 N–H and O–H groups in total. The van der Waals surface area contributed by atoms with Crippen molar-refractivity contribution in [2.24, 2.45) is 11.8 Å². The van der Waals surface area contributed by atoms with E-state index < -0.39 is 22.1 Å². The minimum atomic E-state index is -0.735. The Bertz CT molecular complexity index is 1170. The molecule has 1 heterocycles. The number of nitrogens with one attached hydrogen (secondary N) is 1. The maximum absolute atomic E-state index is 13.3. The number of likely N-dealkylation sites (N-methyl/N-ethyl adjacent to an activating group) is 1. The molecule has 2 aromatic rings. The summed E-state index contributed by atoms with van der Waals surface area (Å²) in [6.45, 7) is 8.13.